The van der Waals surface area contributed by atoms with E-state index in [4.69, 9.17) is 0 Å². The molecular weight excluding hydrogens is 268 g/mol. The topological polar surface area (TPSA) is 42.7 Å². The van der Waals surface area contributed by atoms with Gasteiger partial charge >= 0.3 is 0 Å². The third kappa shape index (κ3) is 3.12. The molecule has 0 aliphatic carbocycles. The first-order valence-electron chi connectivity index (χ1n) is 6.52. The molecule has 1 aromatic carbocycles. The minimum Gasteiger partial charge on any atom is -0.307 e. The Kier molecular flexibility index (Phi) is 3.90. The molecule has 0 radical (unpaired) electrons. The first kappa shape index (κ1) is 13.0. The van der Waals surface area contributed by atoms with E-state index in [9.17, 15) is 0 Å². The molecule has 3 rings (SSSR count). The van der Waals surface area contributed by atoms with Gasteiger partial charge in [0.25, 0.3) is 0 Å². The smallest absolute Gasteiger partial charge is 0.0897 e. The normalized spacial score (nSPS) is 10.8. The zero-order chi connectivity index (χ0) is 13.8. The number of nitrogens with zero attached hydrogens (tertiary/aromatic N) is 3. The van der Waals surface area contributed by atoms with Gasteiger partial charge in [-0.2, -0.15) is 5.10 Å². The lowest BCUT2D eigenvalue weighted by Gasteiger charge is -2.05. The predicted molar refractivity (Wildman–Crippen MR) is 81.0 cm³/mol. The van der Waals surface area contributed by atoms with Crippen molar-refractivity contribution in [2.45, 2.75) is 20.0 Å². The number of hydrogen-bond acceptors (Lipinski definition) is 4. The summed E-state index contributed by atoms with van der Waals surface area (Å²) in [5.74, 6) is 0. The zero-order valence-electron chi connectivity index (χ0n) is 11.3. The Morgan fingerprint density at radius 1 is 1.20 bits per heavy atom. The Morgan fingerprint density at radius 2 is 2.05 bits per heavy atom. The number of rotatable bonds is 5. The third-order valence-electron chi connectivity index (χ3n) is 3.01. The van der Waals surface area contributed by atoms with E-state index in [1.54, 1.807) is 17.5 Å². The Morgan fingerprint density at radius 3 is 2.70 bits per heavy atom. The average Bonchev–Trinajstić information content (AvgIpc) is 3.11. The van der Waals surface area contributed by atoms with Crippen LogP contribution in [0.5, 0.6) is 0 Å². The van der Waals surface area contributed by atoms with Crippen LogP contribution in [-0.4, -0.2) is 14.8 Å². The summed E-state index contributed by atoms with van der Waals surface area (Å²) in [4.78, 5) is 4.43. The minimum absolute atomic E-state index is 0.811. The molecule has 0 amide bonds. The molecule has 0 spiro atoms. The molecule has 0 aliphatic heterocycles. The van der Waals surface area contributed by atoms with Crippen molar-refractivity contribution in [1.29, 1.82) is 0 Å². The lowest BCUT2D eigenvalue weighted by molar-refractivity contribution is 0.681. The van der Waals surface area contributed by atoms with Crippen LogP contribution in [0.4, 0.5) is 0 Å². The molecule has 3 aromatic rings. The van der Waals surface area contributed by atoms with Gasteiger partial charge in [-0.25, -0.2) is 9.67 Å². The summed E-state index contributed by atoms with van der Waals surface area (Å²) in [7, 11) is 0. The second-order valence-corrected chi connectivity index (χ2v) is 5.64. The molecule has 0 atom stereocenters. The first-order chi connectivity index (χ1) is 9.81. The highest BCUT2D eigenvalue weighted by atomic mass is 32.1. The molecule has 0 unspecified atom stereocenters. The van der Waals surface area contributed by atoms with Crippen molar-refractivity contribution in [3.8, 4) is 5.69 Å². The SMILES string of the molecule is Cc1nc(CNCc2ccc(-n3cccn3)cc2)cs1. The summed E-state index contributed by atoms with van der Waals surface area (Å²) in [6.45, 7) is 3.68. The number of aromatic nitrogens is 3. The molecule has 4 nitrogen and oxygen atoms in total. The lowest BCUT2D eigenvalue weighted by atomic mass is 10.2. The van der Waals surface area contributed by atoms with Crippen LogP contribution in [0, 0.1) is 6.92 Å². The Bertz CT molecular complexity index is 656. The largest absolute Gasteiger partial charge is 0.307 e. The van der Waals surface area contributed by atoms with Crippen molar-refractivity contribution in [2.24, 2.45) is 0 Å². The number of hydrogen-bond donors (Lipinski definition) is 1. The van der Waals surface area contributed by atoms with Crippen LogP contribution >= 0.6 is 11.3 Å². The standard InChI is InChI=1S/C15H16N4S/c1-12-18-14(11-20-12)10-16-9-13-3-5-15(6-4-13)19-8-2-7-17-19/h2-8,11,16H,9-10H2,1H3. The maximum atomic E-state index is 4.43. The fourth-order valence-corrected chi connectivity index (χ4v) is 2.63. The maximum Gasteiger partial charge on any atom is 0.0897 e. The van der Waals surface area contributed by atoms with Gasteiger partial charge in [-0.15, -0.1) is 11.3 Å². The molecule has 2 heterocycles. The first-order valence-corrected chi connectivity index (χ1v) is 7.40. The Balaban J connectivity index is 1.56. The van der Waals surface area contributed by atoms with Crippen LogP contribution in [0.1, 0.15) is 16.3 Å². The van der Waals surface area contributed by atoms with E-state index in [0.29, 0.717) is 0 Å². The van der Waals surface area contributed by atoms with E-state index < -0.39 is 0 Å². The van der Waals surface area contributed by atoms with Crippen LogP contribution in [0.25, 0.3) is 5.69 Å². The third-order valence-corrected chi connectivity index (χ3v) is 3.83. The van der Waals surface area contributed by atoms with Crippen LogP contribution in [-0.2, 0) is 13.1 Å². The van der Waals surface area contributed by atoms with Gasteiger partial charge in [-0.3, -0.25) is 0 Å². The minimum atomic E-state index is 0.811. The van der Waals surface area contributed by atoms with Crippen molar-refractivity contribution in [3.05, 3.63) is 64.4 Å². The van der Waals surface area contributed by atoms with Gasteiger partial charge in [0.15, 0.2) is 0 Å². The number of aryl methyl sites for hydroxylation is 1. The molecule has 0 fully saturated rings. The molecule has 2 aromatic heterocycles. The molecule has 5 heteroatoms. The van der Waals surface area contributed by atoms with Gasteiger partial charge in [0.05, 0.1) is 16.4 Å². The second-order valence-electron chi connectivity index (χ2n) is 4.58. The van der Waals surface area contributed by atoms with E-state index in [1.165, 1.54) is 5.56 Å². The molecule has 102 valence electrons. The predicted octanol–water partition coefficient (Wildman–Crippen LogP) is 2.93. The van der Waals surface area contributed by atoms with Crippen molar-refractivity contribution in [1.82, 2.24) is 20.1 Å². The summed E-state index contributed by atoms with van der Waals surface area (Å²) in [5.41, 5.74) is 3.45. The average molecular weight is 284 g/mol. The fourth-order valence-electron chi connectivity index (χ4n) is 2.01. The highest BCUT2D eigenvalue weighted by Gasteiger charge is 1.99. The van der Waals surface area contributed by atoms with E-state index >= 15 is 0 Å². The Hall–Kier alpha value is -1.98. The number of thiazole rings is 1. The molecule has 20 heavy (non-hydrogen) atoms. The van der Waals surface area contributed by atoms with Crippen LogP contribution in [0.3, 0.4) is 0 Å². The summed E-state index contributed by atoms with van der Waals surface area (Å²) < 4.78 is 1.86. The highest BCUT2D eigenvalue weighted by Crippen LogP contribution is 2.10. The molecule has 0 aliphatic rings. The molecule has 0 saturated carbocycles. The Labute approximate surface area is 122 Å². The van der Waals surface area contributed by atoms with Crippen LogP contribution in [0.2, 0.25) is 0 Å². The maximum absolute atomic E-state index is 4.43. The summed E-state index contributed by atoms with van der Waals surface area (Å²) in [6.07, 6.45) is 3.73. The molecule has 0 bridgehead atoms. The van der Waals surface area contributed by atoms with Crippen LogP contribution < -0.4 is 5.32 Å². The van der Waals surface area contributed by atoms with Gasteiger partial charge < -0.3 is 5.32 Å². The second kappa shape index (κ2) is 5.98. The van der Waals surface area contributed by atoms with Gasteiger partial charge in [0, 0.05) is 30.9 Å². The van der Waals surface area contributed by atoms with Crippen molar-refractivity contribution in [3.63, 3.8) is 0 Å². The van der Waals surface area contributed by atoms with Gasteiger partial charge in [0.1, 0.15) is 0 Å². The zero-order valence-corrected chi connectivity index (χ0v) is 12.1. The molecule has 1 N–H and O–H groups in total. The quantitative estimate of drug-likeness (QED) is 0.783. The van der Waals surface area contributed by atoms with E-state index in [0.717, 1.165) is 29.5 Å². The number of nitrogens with one attached hydrogen (secondary N) is 1. The van der Waals surface area contributed by atoms with Crippen LogP contribution in [0.15, 0.2) is 48.1 Å². The number of benzene rings is 1. The summed E-state index contributed by atoms with van der Waals surface area (Å²) in [5, 5.41) is 10.8. The molecule has 0 saturated heterocycles. The van der Waals surface area contributed by atoms with E-state index in [-0.39, 0.29) is 0 Å². The van der Waals surface area contributed by atoms with E-state index in [1.807, 2.05) is 23.9 Å². The van der Waals surface area contributed by atoms with Crippen molar-refractivity contribution in [2.75, 3.05) is 0 Å². The molecular formula is C15H16N4S. The summed E-state index contributed by atoms with van der Waals surface area (Å²) in [6, 6.07) is 10.3. The summed E-state index contributed by atoms with van der Waals surface area (Å²) >= 11 is 1.69. The van der Waals surface area contributed by atoms with E-state index in [2.05, 4.69) is 45.0 Å². The lowest BCUT2D eigenvalue weighted by Crippen LogP contribution is -2.12. The van der Waals surface area contributed by atoms with Gasteiger partial charge in [-0.1, -0.05) is 12.1 Å². The van der Waals surface area contributed by atoms with Crippen molar-refractivity contribution >= 4 is 11.3 Å². The monoisotopic (exact) mass is 284 g/mol. The fraction of sp³-hybridized carbons (Fsp3) is 0.200. The highest BCUT2D eigenvalue weighted by molar-refractivity contribution is 7.09. The van der Waals surface area contributed by atoms with Crippen molar-refractivity contribution < 1.29 is 0 Å². The van der Waals surface area contributed by atoms with Gasteiger partial charge in [0.2, 0.25) is 0 Å². The van der Waals surface area contributed by atoms with Gasteiger partial charge in [-0.05, 0) is 30.7 Å².